The molecule has 0 saturated heterocycles. The average Bonchev–Trinajstić information content (AvgIpc) is 3.05. The molecule has 1 amide bonds. The molecule has 0 aliphatic carbocycles. The van der Waals surface area contributed by atoms with Crippen molar-refractivity contribution in [3.8, 4) is 6.07 Å². The number of nitrogens with zero attached hydrogens (tertiary/aromatic N) is 2. The Labute approximate surface area is 152 Å². The Bertz CT molecular complexity index is 931. The van der Waals surface area contributed by atoms with Gasteiger partial charge in [-0.05, 0) is 30.2 Å². The van der Waals surface area contributed by atoms with Crippen LogP contribution in [-0.2, 0) is 20.4 Å². The van der Waals surface area contributed by atoms with Crippen LogP contribution in [0.15, 0.2) is 48.5 Å². The van der Waals surface area contributed by atoms with Crippen LogP contribution in [0.3, 0.4) is 0 Å². The lowest BCUT2D eigenvalue weighted by Gasteiger charge is -2.41. The van der Waals surface area contributed by atoms with E-state index in [1.54, 1.807) is 19.1 Å². The van der Waals surface area contributed by atoms with Crippen molar-refractivity contribution in [1.29, 1.82) is 5.26 Å². The Morgan fingerprint density at radius 3 is 2.35 bits per heavy atom. The van der Waals surface area contributed by atoms with Crippen molar-refractivity contribution in [2.24, 2.45) is 0 Å². The molecule has 0 fully saturated rings. The quantitative estimate of drug-likeness (QED) is 0.795. The first kappa shape index (κ1) is 16.8. The van der Waals surface area contributed by atoms with Crippen molar-refractivity contribution >= 4 is 11.6 Å². The number of anilines is 1. The second-order valence-electron chi connectivity index (χ2n) is 6.90. The third-order valence-electron chi connectivity index (χ3n) is 5.96. The van der Waals surface area contributed by atoms with Crippen molar-refractivity contribution in [2.45, 2.75) is 30.6 Å². The number of hydrogen-bond donors (Lipinski definition) is 0. The first-order chi connectivity index (χ1) is 12.5. The molecule has 2 aromatic carbocycles. The highest BCUT2D eigenvalue weighted by molar-refractivity contribution is 6.14. The zero-order valence-electron chi connectivity index (χ0n) is 15.0. The maximum Gasteiger partial charge on any atom is 0.259 e. The summed E-state index contributed by atoms with van der Waals surface area (Å²) in [4.78, 5) is 15.0. The Morgan fingerprint density at radius 1 is 1.08 bits per heavy atom. The second-order valence-corrected chi connectivity index (χ2v) is 6.90. The molecular formula is C21H20N2O3. The van der Waals surface area contributed by atoms with E-state index in [9.17, 15) is 10.1 Å². The van der Waals surface area contributed by atoms with Crippen molar-refractivity contribution in [1.82, 2.24) is 0 Å². The number of hydrogen-bond acceptors (Lipinski definition) is 4. The number of amides is 1. The van der Waals surface area contributed by atoms with Gasteiger partial charge < -0.3 is 9.47 Å². The Hall–Kier alpha value is -2.68. The molecule has 0 saturated carbocycles. The minimum absolute atomic E-state index is 0.0703. The number of carbonyl (C=O) groups excluding carboxylic acids is 1. The standard InChI is InChI=1S/C21H20N2O3/c1-20-15-9-5-4-8-14(15)19(24)23(20)17-11-7-6-10-16(17)21(20,13-22)12-18(25-2)26-3/h4-11,18H,12H2,1-3H3/t20-,21+/m0/s1. The Morgan fingerprint density at radius 2 is 1.69 bits per heavy atom. The van der Waals surface area contributed by atoms with Gasteiger partial charge in [-0.3, -0.25) is 9.69 Å². The summed E-state index contributed by atoms with van der Waals surface area (Å²) in [6, 6.07) is 17.7. The zero-order valence-corrected chi connectivity index (χ0v) is 15.0. The van der Waals surface area contributed by atoms with Crippen molar-refractivity contribution in [2.75, 3.05) is 19.1 Å². The van der Waals surface area contributed by atoms with Crippen LogP contribution in [0, 0.1) is 11.3 Å². The van der Waals surface area contributed by atoms with Crippen molar-refractivity contribution in [3.63, 3.8) is 0 Å². The van der Waals surface area contributed by atoms with Gasteiger partial charge in [0.1, 0.15) is 5.41 Å². The highest BCUT2D eigenvalue weighted by Crippen LogP contribution is 2.62. The predicted octanol–water partition coefficient (Wildman–Crippen LogP) is 3.35. The highest BCUT2D eigenvalue weighted by Gasteiger charge is 2.66. The first-order valence-electron chi connectivity index (χ1n) is 8.55. The molecule has 0 aromatic heterocycles. The molecule has 0 spiro atoms. The summed E-state index contributed by atoms with van der Waals surface area (Å²) in [5.41, 5.74) is 1.33. The van der Waals surface area contributed by atoms with E-state index in [-0.39, 0.29) is 5.91 Å². The van der Waals surface area contributed by atoms with E-state index in [0.29, 0.717) is 12.0 Å². The summed E-state index contributed by atoms with van der Waals surface area (Å²) in [6.07, 6.45) is -0.232. The van der Waals surface area contributed by atoms with Gasteiger partial charge in [-0.15, -0.1) is 0 Å². The van der Waals surface area contributed by atoms with E-state index < -0.39 is 17.2 Å². The van der Waals surface area contributed by atoms with Crippen LogP contribution in [0.5, 0.6) is 0 Å². The van der Waals surface area contributed by atoms with Crippen molar-refractivity contribution < 1.29 is 14.3 Å². The maximum atomic E-state index is 13.2. The van der Waals surface area contributed by atoms with Crippen LogP contribution >= 0.6 is 0 Å². The van der Waals surface area contributed by atoms with Crippen LogP contribution in [0.2, 0.25) is 0 Å². The van der Waals surface area contributed by atoms with E-state index >= 15 is 0 Å². The predicted molar refractivity (Wildman–Crippen MR) is 96.8 cm³/mol. The van der Waals surface area contributed by atoms with Gasteiger partial charge in [-0.2, -0.15) is 5.26 Å². The summed E-state index contributed by atoms with van der Waals surface area (Å²) in [5, 5.41) is 10.4. The smallest absolute Gasteiger partial charge is 0.259 e. The van der Waals surface area contributed by atoms with Gasteiger partial charge in [0.15, 0.2) is 6.29 Å². The number of methoxy groups -OCH3 is 2. The lowest BCUT2D eigenvalue weighted by atomic mass is 9.64. The van der Waals surface area contributed by atoms with Gasteiger partial charge in [0.25, 0.3) is 5.91 Å². The molecule has 4 rings (SSSR count). The minimum atomic E-state index is -0.984. The van der Waals surface area contributed by atoms with Gasteiger partial charge in [0.2, 0.25) is 0 Å². The molecule has 2 atom stereocenters. The number of nitriles is 1. The SMILES string of the molecule is COC(C[C@@]1(C#N)c2ccccc2N2C(=O)c3ccccc3[C@]21C)OC. The molecule has 0 radical (unpaired) electrons. The molecule has 2 aliphatic rings. The fourth-order valence-corrected chi connectivity index (χ4v) is 4.64. The molecule has 0 bridgehead atoms. The van der Waals surface area contributed by atoms with E-state index in [0.717, 1.165) is 16.8 Å². The third-order valence-corrected chi connectivity index (χ3v) is 5.96. The Balaban J connectivity index is 2.04. The van der Waals surface area contributed by atoms with E-state index in [4.69, 9.17) is 9.47 Å². The molecule has 5 nitrogen and oxygen atoms in total. The first-order valence-corrected chi connectivity index (χ1v) is 8.55. The molecule has 2 aliphatic heterocycles. The topological polar surface area (TPSA) is 62.6 Å². The van der Waals surface area contributed by atoms with Crippen LogP contribution < -0.4 is 4.90 Å². The minimum Gasteiger partial charge on any atom is -0.356 e. The van der Waals surface area contributed by atoms with Crippen LogP contribution in [0.4, 0.5) is 5.69 Å². The summed E-state index contributed by atoms with van der Waals surface area (Å²) in [7, 11) is 3.13. The monoisotopic (exact) mass is 348 g/mol. The molecule has 5 heteroatoms. The zero-order chi connectivity index (χ0) is 18.5. The molecule has 0 N–H and O–H groups in total. The van der Waals surface area contributed by atoms with E-state index in [1.165, 1.54) is 0 Å². The number of para-hydroxylation sites is 1. The Kier molecular flexibility index (Phi) is 3.65. The normalized spacial score (nSPS) is 25.8. The molecule has 132 valence electrons. The molecule has 2 aromatic rings. The number of fused-ring (bicyclic) bond motifs is 5. The average molecular weight is 348 g/mol. The fourth-order valence-electron chi connectivity index (χ4n) is 4.64. The van der Waals surface area contributed by atoms with Crippen LogP contribution in [0.1, 0.15) is 34.8 Å². The third kappa shape index (κ3) is 1.78. The second kappa shape index (κ2) is 5.66. The highest BCUT2D eigenvalue weighted by atomic mass is 16.7. The molecule has 0 unspecified atom stereocenters. The summed E-state index contributed by atoms with van der Waals surface area (Å²) < 4.78 is 10.9. The lowest BCUT2D eigenvalue weighted by Crippen LogP contribution is -2.52. The summed E-state index contributed by atoms with van der Waals surface area (Å²) in [5.74, 6) is -0.0703. The van der Waals surface area contributed by atoms with Crippen LogP contribution in [0.25, 0.3) is 0 Å². The van der Waals surface area contributed by atoms with Crippen LogP contribution in [-0.4, -0.2) is 26.4 Å². The largest absolute Gasteiger partial charge is 0.356 e. The molecule has 2 heterocycles. The van der Waals surface area contributed by atoms with Gasteiger partial charge in [-0.1, -0.05) is 36.4 Å². The van der Waals surface area contributed by atoms with Gasteiger partial charge in [-0.25, -0.2) is 0 Å². The van der Waals surface area contributed by atoms with E-state index in [1.807, 2.05) is 55.5 Å². The number of benzene rings is 2. The van der Waals surface area contributed by atoms with Gasteiger partial charge in [0, 0.05) is 31.9 Å². The van der Waals surface area contributed by atoms with E-state index in [2.05, 4.69) is 6.07 Å². The molecule has 26 heavy (non-hydrogen) atoms. The van der Waals surface area contributed by atoms with Crippen molar-refractivity contribution in [3.05, 3.63) is 65.2 Å². The number of rotatable bonds is 4. The summed E-state index contributed by atoms with van der Waals surface area (Å²) >= 11 is 0. The maximum absolute atomic E-state index is 13.2. The lowest BCUT2D eigenvalue weighted by molar-refractivity contribution is -0.117. The number of ether oxygens (including phenoxy) is 2. The van der Waals surface area contributed by atoms with Gasteiger partial charge >= 0.3 is 0 Å². The fraction of sp³-hybridized carbons (Fsp3) is 0.333. The summed E-state index contributed by atoms with van der Waals surface area (Å²) in [6.45, 7) is 1.97. The van der Waals surface area contributed by atoms with Gasteiger partial charge in [0.05, 0.1) is 11.6 Å². The molecular weight excluding hydrogens is 328 g/mol. The number of carbonyl (C=O) groups is 1.